The molecule has 1 fully saturated rings. The molecule has 1 aromatic rings. The predicted molar refractivity (Wildman–Crippen MR) is 83.1 cm³/mol. The summed E-state index contributed by atoms with van der Waals surface area (Å²) < 4.78 is 1.20. The summed E-state index contributed by atoms with van der Waals surface area (Å²) in [5.74, 6) is 1.03. The molecule has 96 valence electrons. The van der Waals surface area contributed by atoms with Gasteiger partial charge in [-0.25, -0.2) is 0 Å². The molecule has 0 radical (unpaired) electrons. The first-order chi connectivity index (χ1) is 8.13. The number of thiophene rings is 1. The Balaban J connectivity index is 1.90. The van der Waals surface area contributed by atoms with Crippen LogP contribution in [-0.4, -0.2) is 24.2 Å². The molecule has 1 aromatic heterocycles. The molecule has 0 amide bonds. The molecule has 1 aliphatic rings. The second-order valence-corrected chi connectivity index (χ2v) is 7.50. The van der Waals surface area contributed by atoms with E-state index in [4.69, 9.17) is 0 Å². The first kappa shape index (κ1) is 13.9. The van der Waals surface area contributed by atoms with Gasteiger partial charge in [-0.2, -0.15) is 12.6 Å². The fourth-order valence-electron chi connectivity index (χ4n) is 2.82. The quantitative estimate of drug-likeness (QED) is 0.780. The monoisotopic (exact) mass is 333 g/mol. The number of nitrogens with zero attached hydrogens (tertiary/aromatic N) is 1. The molecular weight excluding hydrogens is 314 g/mol. The lowest BCUT2D eigenvalue weighted by Crippen LogP contribution is -2.34. The standard InChI is InChI=1S/C13H20BrNS2/c1-15(7-12-6-11(14)8-17-12)9-13(10-16)4-2-3-5-13/h6,8,16H,2-5,7,9-10H2,1H3. The Bertz CT molecular complexity index is 358. The van der Waals surface area contributed by atoms with Crippen LogP contribution in [0.15, 0.2) is 15.9 Å². The van der Waals surface area contributed by atoms with Crippen LogP contribution in [0.5, 0.6) is 0 Å². The van der Waals surface area contributed by atoms with E-state index in [-0.39, 0.29) is 0 Å². The molecule has 1 saturated carbocycles. The van der Waals surface area contributed by atoms with Crippen LogP contribution in [0, 0.1) is 5.41 Å². The molecule has 0 aliphatic heterocycles. The zero-order valence-electron chi connectivity index (χ0n) is 10.3. The van der Waals surface area contributed by atoms with Crippen LogP contribution in [0.1, 0.15) is 30.6 Å². The Kier molecular flexibility index (Phi) is 4.98. The maximum absolute atomic E-state index is 4.57. The van der Waals surface area contributed by atoms with Crippen molar-refractivity contribution < 1.29 is 0 Å². The van der Waals surface area contributed by atoms with E-state index in [1.807, 2.05) is 11.3 Å². The summed E-state index contributed by atoms with van der Waals surface area (Å²) in [5, 5.41) is 2.16. The van der Waals surface area contributed by atoms with Crippen LogP contribution < -0.4 is 0 Å². The predicted octanol–water partition coefficient (Wildman–Crippen LogP) is 4.43. The molecule has 1 aliphatic carbocycles. The molecule has 0 spiro atoms. The summed E-state index contributed by atoms with van der Waals surface area (Å²) in [6.07, 6.45) is 5.49. The third-order valence-corrected chi connectivity index (χ3v) is 6.01. The highest BCUT2D eigenvalue weighted by atomic mass is 79.9. The lowest BCUT2D eigenvalue weighted by Gasteiger charge is -2.32. The third kappa shape index (κ3) is 3.72. The van der Waals surface area contributed by atoms with Crippen LogP contribution >= 0.6 is 39.9 Å². The van der Waals surface area contributed by atoms with Crippen molar-refractivity contribution in [2.75, 3.05) is 19.3 Å². The molecular formula is C13H20BrNS2. The van der Waals surface area contributed by atoms with E-state index in [2.05, 4.69) is 52.0 Å². The van der Waals surface area contributed by atoms with Gasteiger partial charge in [0.25, 0.3) is 0 Å². The lowest BCUT2D eigenvalue weighted by atomic mass is 9.88. The number of hydrogen-bond donors (Lipinski definition) is 1. The van der Waals surface area contributed by atoms with Crippen molar-refractivity contribution in [3.05, 3.63) is 20.8 Å². The molecule has 1 heterocycles. The van der Waals surface area contributed by atoms with Crippen LogP contribution in [0.2, 0.25) is 0 Å². The van der Waals surface area contributed by atoms with Crippen molar-refractivity contribution >= 4 is 39.9 Å². The zero-order chi connectivity index (χ0) is 12.3. The summed E-state index contributed by atoms with van der Waals surface area (Å²) >= 11 is 9.92. The molecule has 2 rings (SSSR count). The minimum Gasteiger partial charge on any atom is -0.301 e. The van der Waals surface area contributed by atoms with Gasteiger partial charge in [0.1, 0.15) is 0 Å². The van der Waals surface area contributed by atoms with Crippen LogP contribution in [-0.2, 0) is 6.54 Å². The number of hydrogen-bond acceptors (Lipinski definition) is 3. The van der Waals surface area contributed by atoms with Crippen molar-refractivity contribution in [3.8, 4) is 0 Å². The summed E-state index contributed by atoms with van der Waals surface area (Å²) in [6.45, 7) is 2.25. The first-order valence-corrected chi connectivity index (χ1v) is 8.46. The fraction of sp³-hybridized carbons (Fsp3) is 0.692. The van der Waals surface area contributed by atoms with E-state index in [1.54, 1.807) is 0 Å². The Labute approximate surface area is 122 Å². The molecule has 0 unspecified atom stereocenters. The van der Waals surface area contributed by atoms with Crippen LogP contribution in [0.3, 0.4) is 0 Å². The topological polar surface area (TPSA) is 3.24 Å². The van der Waals surface area contributed by atoms with E-state index in [0.717, 1.165) is 12.3 Å². The van der Waals surface area contributed by atoms with Gasteiger partial charge in [-0.05, 0) is 53.1 Å². The van der Waals surface area contributed by atoms with E-state index in [9.17, 15) is 0 Å². The highest BCUT2D eigenvalue weighted by molar-refractivity contribution is 9.10. The van der Waals surface area contributed by atoms with Gasteiger partial charge in [0.05, 0.1) is 0 Å². The highest BCUT2D eigenvalue weighted by Crippen LogP contribution is 2.39. The Morgan fingerprint density at radius 3 is 2.71 bits per heavy atom. The van der Waals surface area contributed by atoms with E-state index < -0.39 is 0 Å². The molecule has 0 bridgehead atoms. The Morgan fingerprint density at radius 1 is 1.47 bits per heavy atom. The molecule has 0 atom stereocenters. The number of halogens is 1. The maximum Gasteiger partial charge on any atom is 0.0325 e. The van der Waals surface area contributed by atoms with Gasteiger partial charge in [0.2, 0.25) is 0 Å². The van der Waals surface area contributed by atoms with Gasteiger partial charge in [-0.15, -0.1) is 11.3 Å². The van der Waals surface area contributed by atoms with Crippen LogP contribution in [0.4, 0.5) is 0 Å². The summed E-state index contributed by atoms with van der Waals surface area (Å²) in [6, 6.07) is 2.23. The Morgan fingerprint density at radius 2 is 2.18 bits per heavy atom. The Hall–Kier alpha value is 0.490. The summed E-state index contributed by atoms with van der Waals surface area (Å²) in [7, 11) is 2.23. The van der Waals surface area contributed by atoms with Crippen molar-refractivity contribution in [2.45, 2.75) is 32.2 Å². The lowest BCUT2D eigenvalue weighted by molar-refractivity contribution is 0.197. The van der Waals surface area contributed by atoms with Crippen molar-refractivity contribution in [2.24, 2.45) is 5.41 Å². The molecule has 0 N–H and O–H groups in total. The first-order valence-electron chi connectivity index (χ1n) is 6.16. The van der Waals surface area contributed by atoms with E-state index >= 15 is 0 Å². The molecule has 4 heteroatoms. The average Bonchev–Trinajstić information content (AvgIpc) is 2.89. The van der Waals surface area contributed by atoms with Crippen molar-refractivity contribution in [1.82, 2.24) is 4.90 Å². The smallest absolute Gasteiger partial charge is 0.0325 e. The van der Waals surface area contributed by atoms with Gasteiger partial charge < -0.3 is 4.90 Å². The summed E-state index contributed by atoms with van der Waals surface area (Å²) in [4.78, 5) is 3.89. The average molecular weight is 334 g/mol. The van der Waals surface area contributed by atoms with Gasteiger partial charge in [0.15, 0.2) is 0 Å². The van der Waals surface area contributed by atoms with Gasteiger partial charge in [-0.3, -0.25) is 0 Å². The molecule has 17 heavy (non-hydrogen) atoms. The largest absolute Gasteiger partial charge is 0.301 e. The second-order valence-electron chi connectivity index (χ2n) is 5.27. The van der Waals surface area contributed by atoms with Crippen molar-refractivity contribution in [1.29, 1.82) is 0 Å². The highest BCUT2D eigenvalue weighted by Gasteiger charge is 2.33. The number of thiol groups is 1. The maximum atomic E-state index is 4.57. The third-order valence-electron chi connectivity index (χ3n) is 3.65. The zero-order valence-corrected chi connectivity index (χ0v) is 13.6. The van der Waals surface area contributed by atoms with Gasteiger partial charge in [-0.1, -0.05) is 12.8 Å². The minimum atomic E-state index is 0.479. The summed E-state index contributed by atoms with van der Waals surface area (Å²) in [5.41, 5.74) is 0.479. The fourth-order valence-corrected chi connectivity index (χ4v) is 4.77. The van der Waals surface area contributed by atoms with Crippen molar-refractivity contribution in [3.63, 3.8) is 0 Å². The molecule has 1 nitrogen and oxygen atoms in total. The molecule has 0 saturated heterocycles. The van der Waals surface area contributed by atoms with Gasteiger partial charge >= 0.3 is 0 Å². The minimum absolute atomic E-state index is 0.479. The van der Waals surface area contributed by atoms with Gasteiger partial charge in [0, 0.05) is 27.8 Å². The SMILES string of the molecule is CN(Cc1cc(Br)cs1)CC1(CS)CCCC1. The van der Waals surface area contributed by atoms with E-state index in [0.29, 0.717) is 5.41 Å². The molecule has 0 aromatic carbocycles. The second kappa shape index (κ2) is 6.09. The normalized spacial score (nSPS) is 19.1. The number of rotatable bonds is 5. The van der Waals surface area contributed by atoms with Crippen LogP contribution in [0.25, 0.3) is 0 Å². The van der Waals surface area contributed by atoms with E-state index in [1.165, 1.54) is 41.6 Å².